The lowest BCUT2D eigenvalue weighted by Crippen LogP contribution is -2.31. The molecule has 0 spiro atoms. The third-order valence-corrected chi connectivity index (χ3v) is 3.98. The molecular formula is C13H18F3N3OS. The van der Waals surface area contributed by atoms with Crippen molar-refractivity contribution in [1.82, 2.24) is 0 Å². The Balaban J connectivity index is 3.28. The molecule has 0 heterocycles. The molecule has 1 aromatic rings. The van der Waals surface area contributed by atoms with Crippen molar-refractivity contribution >= 4 is 23.3 Å². The molecule has 0 aromatic heterocycles. The fourth-order valence-electron chi connectivity index (χ4n) is 1.87. The first-order chi connectivity index (χ1) is 9.72. The summed E-state index contributed by atoms with van der Waals surface area (Å²) in [6.07, 6.45) is -2.61. The molecule has 0 saturated heterocycles. The van der Waals surface area contributed by atoms with Crippen molar-refractivity contribution in [3.63, 3.8) is 0 Å². The highest BCUT2D eigenvalue weighted by Crippen LogP contribution is 2.34. The van der Waals surface area contributed by atoms with Gasteiger partial charge in [0.15, 0.2) is 5.84 Å². The molecular weight excluding hydrogens is 303 g/mol. The Morgan fingerprint density at radius 1 is 1.48 bits per heavy atom. The highest BCUT2D eigenvalue weighted by Gasteiger charge is 2.34. The lowest BCUT2D eigenvalue weighted by molar-refractivity contribution is -0.137. The van der Waals surface area contributed by atoms with Crippen LogP contribution in [0.2, 0.25) is 0 Å². The summed E-state index contributed by atoms with van der Waals surface area (Å²) in [6.45, 7) is 1.97. The van der Waals surface area contributed by atoms with Crippen LogP contribution in [0, 0.1) is 0 Å². The molecule has 0 aliphatic rings. The van der Waals surface area contributed by atoms with Crippen molar-refractivity contribution in [2.45, 2.75) is 19.1 Å². The monoisotopic (exact) mass is 321 g/mol. The molecule has 0 radical (unpaired) electrons. The molecule has 0 amide bonds. The third-order valence-electron chi connectivity index (χ3n) is 3.17. The highest BCUT2D eigenvalue weighted by molar-refractivity contribution is 7.98. The van der Waals surface area contributed by atoms with Gasteiger partial charge < -0.3 is 15.8 Å². The SMILES string of the molecule is CSCC(C)N(C)c1ccc(C(F)(F)F)c(/C(N)=N/O)c1. The summed E-state index contributed by atoms with van der Waals surface area (Å²) in [5, 5.41) is 11.4. The molecule has 1 atom stereocenters. The first-order valence-electron chi connectivity index (χ1n) is 6.13. The molecule has 1 rings (SSSR count). The Kier molecular flexibility index (Phi) is 5.77. The van der Waals surface area contributed by atoms with Crippen molar-refractivity contribution in [1.29, 1.82) is 0 Å². The summed E-state index contributed by atoms with van der Waals surface area (Å²) in [4.78, 5) is 1.85. The average Bonchev–Trinajstić information content (AvgIpc) is 2.44. The molecule has 3 N–H and O–H groups in total. The third kappa shape index (κ3) is 4.20. The van der Waals surface area contributed by atoms with Gasteiger partial charge in [-0.3, -0.25) is 0 Å². The number of anilines is 1. The quantitative estimate of drug-likeness (QED) is 0.379. The first-order valence-corrected chi connectivity index (χ1v) is 7.52. The molecule has 4 nitrogen and oxygen atoms in total. The standard InChI is InChI=1S/C13H18F3N3OS/c1-8(7-21-3)19(2)9-4-5-11(13(14,15)16)10(6-9)12(17)18-20/h4-6,8,20H,7H2,1-3H3,(H2,17,18). The predicted molar refractivity (Wildman–Crippen MR) is 80.2 cm³/mol. The van der Waals surface area contributed by atoms with Gasteiger partial charge >= 0.3 is 6.18 Å². The summed E-state index contributed by atoms with van der Waals surface area (Å²) in [6, 6.07) is 3.75. The van der Waals surface area contributed by atoms with E-state index in [4.69, 9.17) is 10.9 Å². The maximum atomic E-state index is 12.9. The summed E-state index contributed by atoms with van der Waals surface area (Å²) >= 11 is 1.65. The molecule has 1 aromatic carbocycles. The number of amidine groups is 1. The van der Waals surface area contributed by atoms with Crippen LogP contribution in [0.3, 0.4) is 0 Å². The van der Waals surface area contributed by atoms with Crippen molar-refractivity contribution in [2.24, 2.45) is 10.9 Å². The lowest BCUT2D eigenvalue weighted by atomic mass is 10.0. The van der Waals surface area contributed by atoms with Crippen molar-refractivity contribution in [2.75, 3.05) is 24.0 Å². The van der Waals surface area contributed by atoms with E-state index < -0.39 is 17.6 Å². The number of thioether (sulfide) groups is 1. The number of hydrogen-bond donors (Lipinski definition) is 2. The maximum absolute atomic E-state index is 12.9. The molecule has 1 unspecified atom stereocenters. The van der Waals surface area contributed by atoms with Gasteiger partial charge in [0, 0.05) is 30.1 Å². The molecule has 0 aliphatic heterocycles. The number of oxime groups is 1. The second-order valence-electron chi connectivity index (χ2n) is 4.63. The molecule has 0 fully saturated rings. The second-order valence-corrected chi connectivity index (χ2v) is 5.54. The number of hydrogen-bond acceptors (Lipinski definition) is 4. The van der Waals surface area contributed by atoms with Gasteiger partial charge in [-0.2, -0.15) is 24.9 Å². The molecule has 0 aliphatic carbocycles. The van der Waals surface area contributed by atoms with Crippen LogP contribution >= 0.6 is 11.8 Å². The minimum Gasteiger partial charge on any atom is -0.409 e. The average molecular weight is 321 g/mol. The van der Waals surface area contributed by atoms with Crippen molar-refractivity contribution in [3.05, 3.63) is 29.3 Å². The first kappa shape index (κ1) is 17.5. The van der Waals surface area contributed by atoms with Gasteiger partial charge in [-0.25, -0.2) is 0 Å². The second kappa shape index (κ2) is 6.93. The normalized spacial score (nSPS) is 14.1. The van der Waals surface area contributed by atoms with Gasteiger partial charge in [0.05, 0.1) is 5.56 Å². The van der Waals surface area contributed by atoms with E-state index in [9.17, 15) is 13.2 Å². The number of nitrogens with two attached hydrogens (primary N) is 1. The summed E-state index contributed by atoms with van der Waals surface area (Å²) in [5.74, 6) is 0.270. The van der Waals surface area contributed by atoms with Crippen LogP contribution in [0.15, 0.2) is 23.4 Å². The highest BCUT2D eigenvalue weighted by atomic mass is 32.2. The number of rotatable bonds is 5. The molecule has 21 heavy (non-hydrogen) atoms. The van der Waals surface area contributed by atoms with E-state index in [0.717, 1.165) is 11.8 Å². The fourth-order valence-corrected chi connectivity index (χ4v) is 2.58. The van der Waals surface area contributed by atoms with E-state index >= 15 is 0 Å². The number of nitrogens with zero attached hydrogens (tertiary/aromatic N) is 2. The van der Waals surface area contributed by atoms with E-state index in [1.54, 1.807) is 18.8 Å². The van der Waals surface area contributed by atoms with Crippen LogP contribution in [0.25, 0.3) is 0 Å². The largest absolute Gasteiger partial charge is 0.417 e. The molecule has 0 bridgehead atoms. The predicted octanol–water partition coefficient (Wildman–Crippen LogP) is 2.99. The van der Waals surface area contributed by atoms with E-state index in [2.05, 4.69) is 5.16 Å². The number of alkyl halides is 3. The topological polar surface area (TPSA) is 61.8 Å². The van der Waals surface area contributed by atoms with Gasteiger partial charge in [-0.15, -0.1) is 0 Å². The number of benzene rings is 1. The van der Waals surface area contributed by atoms with Crippen LogP contribution < -0.4 is 10.6 Å². The summed E-state index contributed by atoms with van der Waals surface area (Å²) in [7, 11) is 1.79. The van der Waals surface area contributed by atoms with E-state index in [1.165, 1.54) is 12.1 Å². The molecule has 8 heteroatoms. The smallest absolute Gasteiger partial charge is 0.409 e. The van der Waals surface area contributed by atoms with Gasteiger partial charge in [0.2, 0.25) is 0 Å². The minimum atomic E-state index is -4.56. The van der Waals surface area contributed by atoms with Crippen LogP contribution in [-0.4, -0.2) is 36.1 Å². The zero-order valence-corrected chi connectivity index (χ0v) is 12.8. The van der Waals surface area contributed by atoms with Crippen LogP contribution in [0.5, 0.6) is 0 Å². The zero-order valence-electron chi connectivity index (χ0n) is 12.0. The Morgan fingerprint density at radius 2 is 2.10 bits per heavy atom. The van der Waals surface area contributed by atoms with E-state index in [1.807, 2.05) is 18.1 Å². The maximum Gasteiger partial charge on any atom is 0.417 e. The van der Waals surface area contributed by atoms with Gasteiger partial charge in [0.25, 0.3) is 0 Å². The van der Waals surface area contributed by atoms with Gasteiger partial charge in [-0.05, 0) is 31.4 Å². The summed E-state index contributed by atoms with van der Waals surface area (Å²) in [5.41, 5.74) is 4.70. The Labute approximate surface area is 125 Å². The molecule has 118 valence electrons. The fraction of sp³-hybridized carbons (Fsp3) is 0.462. The van der Waals surface area contributed by atoms with Crippen LogP contribution in [0.4, 0.5) is 18.9 Å². The minimum absolute atomic E-state index is 0.136. The van der Waals surface area contributed by atoms with Crippen LogP contribution in [-0.2, 0) is 6.18 Å². The van der Waals surface area contributed by atoms with Crippen LogP contribution in [0.1, 0.15) is 18.1 Å². The van der Waals surface area contributed by atoms with Crippen molar-refractivity contribution < 1.29 is 18.4 Å². The number of halogens is 3. The van der Waals surface area contributed by atoms with Gasteiger partial charge in [-0.1, -0.05) is 5.16 Å². The van der Waals surface area contributed by atoms with Gasteiger partial charge in [0.1, 0.15) is 0 Å². The van der Waals surface area contributed by atoms with E-state index in [-0.39, 0.29) is 11.6 Å². The summed E-state index contributed by atoms with van der Waals surface area (Å²) < 4.78 is 38.8. The van der Waals surface area contributed by atoms with E-state index in [0.29, 0.717) is 5.69 Å². The lowest BCUT2D eigenvalue weighted by Gasteiger charge is -2.27. The Morgan fingerprint density at radius 3 is 2.57 bits per heavy atom. The van der Waals surface area contributed by atoms with Crippen molar-refractivity contribution in [3.8, 4) is 0 Å². The zero-order chi connectivity index (χ0) is 16.2. The Hall–Kier alpha value is -1.57. The Bertz CT molecular complexity index is 520. The molecule has 0 saturated carbocycles.